The van der Waals surface area contributed by atoms with Crippen molar-refractivity contribution in [2.75, 3.05) is 0 Å². The molecule has 0 atom stereocenters. The third kappa shape index (κ3) is 5.11. The zero-order valence-electron chi connectivity index (χ0n) is 34.6. The summed E-state index contributed by atoms with van der Waals surface area (Å²) in [5.74, 6) is 0.698. The molecular weight excluding hydrogens is 777 g/mol. The maximum absolute atomic E-state index is 5.37. The highest BCUT2D eigenvalue weighted by molar-refractivity contribution is 6.20. The largest absolute Gasteiger partial charge is 0.309 e. The van der Waals surface area contributed by atoms with Crippen LogP contribution in [0.3, 0.4) is 0 Å². The Morgan fingerprint density at radius 2 is 0.906 bits per heavy atom. The molecular formula is C60H36N4. The van der Waals surface area contributed by atoms with Crippen LogP contribution in [0.25, 0.3) is 132 Å². The van der Waals surface area contributed by atoms with Crippen LogP contribution in [0.5, 0.6) is 0 Å². The lowest BCUT2D eigenvalue weighted by Gasteiger charge is -2.14. The Balaban J connectivity index is 0.958. The molecule has 0 fully saturated rings. The van der Waals surface area contributed by atoms with Gasteiger partial charge in [-0.1, -0.05) is 164 Å². The number of hydrogen-bond acceptors (Lipinski definition) is 2. The molecule has 4 heteroatoms. The highest BCUT2D eigenvalue weighted by Crippen LogP contribution is 2.42. The van der Waals surface area contributed by atoms with Crippen LogP contribution in [0.1, 0.15) is 0 Å². The summed E-state index contributed by atoms with van der Waals surface area (Å²) in [4.78, 5) is 10.6. The average Bonchev–Trinajstić information content (AvgIpc) is 3.87. The lowest BCUT2D eigenvalue weighted by molar-refractivity contribution is 1.17. The smallest absolute Gasteiger partial charge is 0.160 e. The van der Waals surface area contributed by atoms with E-state index in [0.29, 0.717) is 5.82 Å². The number of hydrogen-bond donors (Lipinski definition) is 0. The van der Waals surface area contributed by atoms with Crippen molar-refractivity contribution in [1.82, 2.24) is 19.1 Å². The fourth-order valence-electron chi connectivity index (χ4n) is 10.5. The number of nitrogens with zero attached hydrogens (tertiary/aromatic N) is 4. The van der Waals surface area contributed by atoms with Crippen molar-refractivity contribution in [3.05, 3.63) is 218 Å². The first-order valence-electron chi connectivity index (χ1n) is 21.9. The van der Waals surface area contributed by atoms with Crippen molar-refractivity contribution in [1.29, 1.82) is 0 Å². The van der Waals surface area contributed by atoms with E-state index in [0.717, 1.165) is 44.4 Å². The number of aromatic nitrogens is 4. The van der Waals surface area contributed by atoms with Crippen LogP contribution in [0.4, 0.5) is 0 Å². The molecule has 0 aliphatic heterocycles. The van der Waals surface area contributed by atoms with Crippen molar-refractivity contribution in [2.45, 2.75) is 0 Å². The summed E-state index contributed by atoms with van der Waals surface area (Å²) in [5.41, 5.74) is 10.9. The SMILES string of the molecule is c1cc(-c2nc(-c3ccc4c(ccc5ccccc54)c3)c3ccccc3n2)cc(-n2c3ccccc3c3cc4c(-n5c6ccccc6c6ccc7ccccc7c65)cccc4cc32)c1. The van der Waals surface area contributed by atoms with Crippen LogP contribution in [-0.2, 0) is 0 Å². The van der Waals surface area contributed by atoms with Gasteiger partial charge in [-0.05, 0) is 86.9 Å². The molecule has 4 nitrogen and oxygen atoms in total. The maximum Gasteiger partial charge on any atom is 0.160 e. The van der Waals surface area contributed by atoms with Crippen LogP contribution < -0.4 is 0 Å². The third-order valence-corrected chi connectivity index (χ3v) is 13.4. The molecule has 0 N–H and O–H groups in total. The van der Waals surface area contributed by atoms with Gasteiger partial charge < -0.3 is 9.13 Å². The summed E-state index contributed by atoms with van der Waals surface area (Å²) in [7, 11) is 0. The van der Waals surface area contributed by atoms with Crippen molar-refractivity contribution in [3.8, 4) is 34.0 Å². The van der Waals surface area contributed by atoms with E-state index >= 15 is 0 Å². The van der Waals surface area contributed by atoms with Crippen molar-refractivity contribution in [2.24, 2.45) is 0 Å². The highest BCUT2D eigenvalue weighted by atomic mass is 15.0. The Kier molecular flexibility index (Phi) is 7.36. The molecule has 0 unspecified atom stereocenters. The molecule has 0 bridgehead atoms. The van der Waals surface area contributed by atoms with E-state index in [1.807, 2.05) is 0 Å². The van der Waals surface area contributed by atoms with Crippen LogP contribution in [0.2, 0.25) is 0 Å². The van der Waals surface area contributed by atoms with Crippen LogP contribution >= 0.6 is 0 Å². The number of para-hydroxylation sites is 3. The first kappa shape index (κ1) is 35.0. The molecule has 0 aliphatic carbocycles. The Morgan fingerprint density at radius 1 is 0.297 bits per heavy atom. The normalized spacial score (nSPS) is 12.1. The molecule has 0 radical (unpaired) electrons. The zero-order valence-corrected chi connectivity index (χ0v) is 34.6. The molecule has 3 aromatic heterocycles. The lowest BCUT2D eigenvalue weighted by Crippen LogP contribution is -1.98. The van der Waals surface area contributed by atoms with Gasteiger partial charge in [-0.2, -0.15) is 0 Å². The molecule has 296 valence electrons. The fourth-order valence-corrected chi connectivity index (χ4v) is 10.5. The first-order valence-corrected chi connectivity index (χ1v) is 21.9. The van der Waals surface area contributed by atoms with Crippen molar-refractivity contribution >= 4 is 97.6 Å². The topological polar surface area (TPSA) is 35.6 Å². The van der Waals surface area contributed by atoms with E-state index in [-0.39, 0.29) is 0 Å². The fraction of sp³-hybridized carbons (Fsp3) is 0. The Morgan fingerprint density at radius 3 is 1.77 bits per heavy atom. The van der Waals surface area contributed by atoms with Crippen LogP contribution in [-0.4, -0.2) is 19.1 Å². The number of fused-ring (bicyclic) bond motifs is 13. The number of rotatable bonds is 4. The van der Waals surface area contributed by atoms with Crippen molar-refractivity contribution in [3.63, 3.8) is 0 Å². The molecule has 0 saturated carbocycles. The van der Waals surface area contributed by atoms with Crippen LogP contribution in [0.15, 0.2) is 218 Å². The van der Waals surface area contributed by atoms with Gasteiger partial charge in [-0.25, -0.2) is 9.97 Å². The van der Waals surface area contributed by atoms with Gasteiger partial charge in [0.2, 0.25) is 0 Å². The third-order valence-electron chi connectivity index (χ3n) is 13.4. The molecule has 0 aliphatic rings. The molecule has 0 amide bonds. The van der Waals surface area contributed by atoms with Gasteiger partial charge in [0.1, 0.15) is 0 Å². The van der Waals surface area contributed by atoms with Gasteiger partial charge in [0.25, 0.3) is 0 Å². The summed E-state index contributed by atoms with van der Waals surface area (Å²) >= 11 is 0. The molecule has 11 aromatic carbocycles. The Labute approximate surface area is 367 Å². The minimum absolute atomic E-state index is 0.698. The second-order valence-corrected chi connectivity index (χ2v) is 16.9. The van der Waals surface area contributed by atoms with Gasteiger partial charge in [0.15, 0.2) is 5.82 Å². The van der Waals surface area contributed by atoms with Gasteiger partial charge in [0.05, 0.1) is 39.0 Å². The molecule has 64 heavy (non-hydrogen) atoms. The summed E-state index contributed by atoms with van der Waals surface area (Å²) in [5, 5.41) is 15.8. The maximum atomic E-state index is 5.37. The molecule has 14 aromatic rings. The minimum atomic E-state index is 0.698. The minimum Gasteiger partial charge on any atom is -0.309 e. The monoisotopic (exact) mass is 812 g/mol. The van der Waals surface area contributed by atoms with Crippen molar-refractivity contribution < 1.29 is 0 Å². The quantitative estimate of drug-likeness (QED) is 0.166. The lowest BCUT2D eigenvalue weighted by atomic mass is 9.98. The average molecular weight is 813 g/mol. The summed E-state index contributed by atoms with van der Waals surface area (Å²) in [6, 6.07) is 79.2. The first-order chi connectivity index (χ1) is 31.7. The van der Waals surface area contributed by atoms with E-state index in [1.165, 1.54) is 81.4 Å². The summed E-state index contributed by atoms with van der Waals surface area (Å²) < 4.78 is 4.89. The highest BCUT2D eigenvalue weighted by Gasteiger charge is 2.20. The van der Waals surface area contributed by atoms with Crippen LogP contribution in [0, 0.1) is 0 Å². The Bertz CT molecular complexity index is 4270. The van der Waals surface area contributed by atoms with Gasteiger partial charge in [-0.15, -0.1) is 0 Å². The molecule has 0 saturated heterocycles. The molecule has 3 heterocycles. The summed E-state index contributed by atoms with van der Waals surface area (Å²) in [6.45, 7) is 0. The van der Waals surface area contributed by atoms with E-state index < -0.39 is 0 Å². The second-order valence-electron chi connectivity index (χ2n) is 16.9. The second kappa shape index (κ2) is 13.4. The van der Waals surface area contributed by atoms with Gasteiger partial charge >= 0.3 is 0 Å². The van der Waals surface area contributed by atoms with Gasteiger partial charge in [-0.3, -0.25) is 0 Å². The van der Waals surface area contributed by atoms with E-state index in [2.05, 4.69) is 228 Å². The predicted octanol–water partition coefficient (Wildman–Crippen LogP) is 15.8. The molecule has 0 spiro atoms. The van der Waals surface area contributed by atoms with E-state index in [4.69, 9.17) is 9.97 Å². The summed E-state index contributed by atoms with van der Waals surface area (Å²) in [6.07, 6.45) is 0. The predicted molar refractivity (Wildman–Crippen MR) is 269 cm³/mol. The molecule has 14 rings (SSSR count). The standard InChI is InChI=1S/C60H36N4/c1-3-18-44-37(13-1)27-28-40-33-41(30-31-45(40)44)58-50-22-5-8-23-53(50)61-60(62-58)42-16-11-17-43(34-42)63-54-24-9-7-21-48(54)52-36-51-39(35-57(52)63)15-12-26-56(51)64-55-25-10-6-20-47(55)49-32-29-38-14-2-4-19-46(38)59(49)64/h1-36H. The number of benzene rings is 11. The van der Waals surface area contributed by atoms with Gasteiger partial charge in [0, 0.05) is 54.5 Å². The van der Waals surface area contributed by atoms with E-state index in [1.54, 1.807) is 0 Å². The Hall–Kier alpha value is -8.60. The van der Waals surface area contributed by atoms with E-state index in [9.17, 15) is 0 Å². The zero-order chi connectivity index (χ0) is 41.9.